The van der Waals surface area contributed by atoms with E-state index in [2.05, 4.69) is 61.5 Å². The van der Waals surface area contributed by atoms with Gasteiger partial charge in [-0.05, 0) is 11.5 Å². The molecule has 0 N–H and O–H groups in total. The second-order valence-corrected chi connectivity index (χ2v) is 6.71. The first-order valence-corrected chi connectivity index (χ1v) is 8.15. The Morgan fingerprint density at radius 3 is 1.95 bits per heavy atom. The average molecular weight is 322 g/mol. The molecule has 20 heavy (non-hydrogen) atoms. The van der Waals surface area contributed by atoms with E-state index in [4.69, 9.17) is 0 Å². The van der Waals surface area contributed by atoms with Crippen molar-refractivity contribution < 1.29 is 17.1 Å². The van der Waals surface area contributed by atoms with Crippen molar-refractivity contribution in [3.8, 4) is 0 Å². The molecule has 3 aromatic rings. The summed E-state index contributed by atoms with van der Waals surface area (Å²) >= 11 is 0. The summed E-state index contributed by atoms with van der Waals surface area (Å²) in [5.74, 6) is 0. The van der Waals surface area contributed by atoms with Crippen LogP contribution in [0.1, 0.15) is 6.92 Å². The van der Waals surface area contributed by atoms with Gasteiger partial charge in [-0.2, -0.15) is 30.3 Å². The molecular weight excluding hydrogens is 303 g/mol. The summed E-state index contributed by atoms with van der Waals surface area (Å²) in [4.78, 5) is 0. The Bertz CT molecular complexity index is 509. The molecule has 1 unspecified atom stereocenters. The van der Waals surface area contributed by atoms with Crippen LogP contribution in [0.3, 0.4) is 0 Å². The third-order valence-corrected chi connectivity index (χ3v) is 5.37. The van der Waals surface area contributed by atoms with E-state index < -0.39 is 0 Å². The molecule has 0 fully saturated rings. The number of rotatable bonds is 3. The van der Waals surface area contributed by atoms with Gasteiger partial charge in [0, 0.05) is 0 Å². The summed E-state index contributed by atoms with van der Waals surface area (Å²) in [6.07, 6.45) is 1.23. The van der Waals surface area contributed by atoms with Gasteiger partial charge in [-0.15, -0.1) is 13.2 Å². The van der Waals surface area contributed by atoms with Crippen LogP contribution in [0.4, 0.5) is 0 Å². The third-order valence-electron chi connectivity index (χ3n) is 2.90. The SMILES string of the molecule is CCP(c1ccccc1)[c-]1cccc1.[Fe+2].c1cc[cH-]c1. The molecule has 104 valence electrons. The minimum atomic E-state index is -0.112. The summed E-state index contributed by atoms with van der Waals surface area (Å²) in [5, 5.41) is 2.98. The van der Waals surface area contributed by atoms with E-state index >= 15 is 0 Å². The Hall–Kier alpha value is -1.13. The maximum atomic E-state index is 2.27. The predicted molar refractivity (Wildman–Crippen MR) is 87.2 cm³/mol. The Balaban J connectivity index is 0.000000283. The minimum Gasteiger partial charge on any atom is -0.214 e. The second kappa shape index (κ2) is 9.72. The fourth-order valence-electron chi connectivity index (χ4n) is 1.99. The standard InChI is InChI=1S/C13H14P.C5H5.Fe/c1-2-14(13-10-6-7-11-13)12-8-4-3-5-9-12;1-2-4-5-3-1;/h3-11H,2H2,1H3;1-5H;/q2*-1;+2. The van der Waals surface area contributed by atoms with Gasteiger partial charge in [0.05, 0.1) is 0 Å². The van der Waals surface area contributed by atoms with Crippen LogP contribution in [0.25, 0.3) is 0 Å². The summed E-state index contributed by atoms with van der Waals surface area (Å²) in [6, 6.07) is 29.5. The van der Waals surface area contributed by atoms with E-state index in [1.165, 1.54) is 16.8 Å². The van der Waals surface area contributed by atoms with Gasteiger partial charge in [-0.1, -0.05) is 37.3 Å². The zero-order valence-electron chi connectivity index (χ0n) is 11.6. The van der Waals surface area contributed by atoms with Crippen molar-refractivity contribution in [3.63, 3.8) is 0 Å². The molecule has 3 rings (SSSR count). The number of hydrogen-bond acceptors (Lipinski definition) is 0. The van der Waals surface area contributed by atoms with E-state index in [1.807, 2.05) is 30.3 Å². The van der Waals surface area contributed by atoms with Crippen LogP contribution in [0.15, 0.2) is 84.9 Å². The topological polar surface area (TPSA) is 0 Å². The van der Waals surface area contributed by atoms with Crippen LogP contribution in [0, 0.1) is 0 Å². The quantitative estimate of drug-likeness (QED) is 0.384. The molecule has 0 spiro atoms. The minimum absolute atomic E-state index is 0. The normalized spacial score (nSPS) is 10.8. The number of benzene rings is 1. The molecule has 0 aliphatic heterocycles. The van der Waals surface area contributed by atoms with Gasteiger partial charge in [0.1, 0.15) is 0 Å². The third kappa shape index (κ3) is 5.10. The first kappa shape index (κ1) is 16.9. The molecule has 0 radical (unpaired) electrons. The smallest absolute Gasteiger partial charge is 0.214 e. The van der Waals surface area contributed by atoms with Crippen LogP contribution in [0.5, 0.6) is 0 Å². The fraction of sp³-hybridized carbons (Fsp3) is 0.111. The van der Waals surface area contributed by atoms with Crippen molar-refractivity contribution >= 4 is 18.5 Å². The van der Waals surface area contributed by atoms with E-state index in [1.54, 1.807) is 0 Å². The van der Waals surface area contributed by atoms with Gasteiger partial charge in [0.15, 0.2) is 0 Å². The largest absolute Gasteiger partial charge is 2.00 e. The van der Waals surface area contributed by atoms with Crippen molar-refractivity contribution in [1.82, 2.24) is 0 Å². The van der Waals surface area contributed by atoms with E-state index in [0.717, 1.165) is 0 Å². The van der Waals surface area contributed by atoms with Gasteiger partial charge in [0.2, 0.25) is 0 Å². The van der Waals surface area contributed by atoms with Crippen molar-refractivity contribution in [2.75, 3.05) is 6.16 Å². The Morgan fingerprint density at radius 1 is 0.900 bits per heavy atom. The maximum absolute atomic E-state index is 2.27. The van der Waals surface area contributed by atoms with Crippen molar-refractivity contribution in [2.45, 2.75) is 6.92 Å². The van der Waals surface area contributed by atoms with Crippen molar-refractivity contribution in [3.05, 3.63) is 84.9 Å². The van der Waals surface area contributed by atoms with E-state index in [9.17, 15) is 0 Å². The molecule has 0 saturated carbocycles. The Labute approximate surface area is 133 Å². The summed E-state index contributed by atoms with van der Waals surface area (Å²) in [6.45, 7) is 2.27. The first-order chi connectivity index (χ1) is 9.42. The summed E-state index contributed by atoms with van der Waals surface area (Å²) < 4.78 is 0. The first-order valence-electron chi connectivity index (χ1n) is 6.63. The molecule has 3 aromatic carbocycles. The molecular formula is C18H19FeP. The van der Waals surface area contributed by atoms with Crippen LogP contribution in [0.2, 0.25) is 0 Å². The zero-order chi connectivity index (χ0) is 13.3. The Kier molecular flexibility index (Phi) is 8.23. The van der Waals surface area contributed by atoms with E-state index in [0.29, 0.717) is 0 Å². The second-order valence-electron chi connectivity index (χ2n) is 4.19. The fourth-order valence-corrected chi connectivity index (χ4v) is 4.08. The van der Waals surface area contributed by atoms with Crippen LogP contribution in [-0.2, 0) is 17.1 Å². The molecule has 0 aliphatic carbocycles. The van der Waals surface area contributed by atoms with Crippen LogP contribution in [-0.4, -0.2) is 6.16 Å². The van der Waals surface area contributed by atoms with Gasteiger partial charge in [-0.3, -0.25) is 0 Å². The monoisotopic (exact) mass is 322 g/mol. The van der Waals surface area contributed by atoms with Crippen LogP contribution >= 0.6 is 7.92 Å². The molecule has 0 aliphatic rings. The van der Waals surface area contributed by atoms with Gasteiger partial charge in [0.25, 0.3) is 0 Å². The molecule has 1 atom stereocenters. The molecule has 0 aromatic heterocycles. The molecule has 2 heteroatoms. The Morgan fingerprint density at radius 2 is 1.50 bits per heavy atom. The van der Waals surface area contributed by atoms with Gasteiger partial charge >= 0.3 is 17.1 Å². The van der Waals surface area contributed by atoms with Gasteiger partial charge in [-0.25, -0.2) is 24.3 Å². The zero-order valence-corrected chi connectivity index (χ0v) is 13.6. The summed E-state index contributed by atoms with van der Waals surface area (Å²) in [5.41, 5.74) is 0. The molecule has 0 heterocycles. The summed E-state index contributed by atoms with van der Waals surface area (Å²) in [7, 11) is -0.112. The van der Waals surface area contributed by atoms with Gasteiger partial charge < -0.3 is 0 Å². The van der Waals surface area contributed by atoms with Crippen LogP contribution < -0.4 is 10.6 Å². The van der Waals surface area contributed by atoms with Crippen molar-refractivity contribution in [1.29, 1.82) is 0 Å². The van der Waals surface area contributed by atoms with E-state index in [-0.39, 0.29) is 25.0 Å². The molecule has 0 saturated heterocycles. The maximum Gasteiger partial charge on any atom is 2.00 e. The van der Waals surface area contributed by atoms with Crippen molar-refractivity contribution in [2.24, 2.45) is 0 Å². The molecule has 0 nitrogen and oxygen atoms in total. The molecule has 0 bridgehead atoms. The molecule has 0 amide bonds. The average Bonchev–Trinajstić information content (AvgIpc) is 3.17. The number of hydrogen-bond donors (Lipinski definition) is 0. The predicted octanol–water partition coefficient (Wildman–Crippen LogP) is 4.26.